The summed E-state index contributed by atoms with van der Waals surface area (Å²) < 4.78 is 82.4. The standard InChI is InChI=1S/C7H10F6O3/c1-2-14-5(15-3-6(8,9)10)16-4-7(11,12)13/h5H,2-4H2,1H3. The Bertz CT molecular complexity index is 172. The molecule has 0 saturated carbocycles. The number of hydrogen-bond acceptors (Lipinski definition) is 3. The topological polar surface area (TPSA) is 27.7 Å². The van der Waals surface area contributed by atoms with Crippen molar-refractivity contribution in [2.75, 3.05) is 19.8 Å². The van der Waals surface area contributed by atoms with Crippen LogP contribution in [0, 0.1) is 0 Å². The predicted molar refractivity (Wildman–Crippen MR) is 39.4 cm³/mol. The molecule has 98 valence electrons. The molecule has 0 rings (SSSR count). The van der Waals surface area contributed by atoms with E-state index in [1.165, 1.54) is 6.92 Å². The van der Waals surface area contributed by atoms with E-state index in [0.29, 0.717) is 0 Å². The van der Waals surface area contributed by atoms with Gasteiger partial charge in [0.1, 0.15) is 13.2 Å². The molecule has 0 atom stereocenters. The lowest BCUT2D eigenvalue weighted by Crippen LogP contribution is -2.31. The van der Waals surface area contributed by atoms with E-state index in [0.717, 1.165) is 0 Å². The molecular weight excluding hydrogens is 246 g/mol. The fourth-order valence-electron chi connectivity index (χ4n) is 0.605. The molecule has 0 bridgehead atoms. The third-order valence-electron chi connectivity index (χ3n) is 1.07. The van der Waals surface area contributed by atoms with Gasteiger partial charge in [-0.05, 0) is 6.92 Å². The zero-order valence-electron chi connectivity index (χ0n) is 8.19. The van der Waals surface area contributed by atoms with E-state index in [4.69, 9.17) is 0 Å². The van der Waals surface area contributed by atoms with Crippen LogP contribution in [0.15, 0.2) is 0 Å². The normalized spacial score (nSPS) is 13.5. The summed E-state index contributed by atoms with van der Waals surface area (Å²) in [6.45, 7) is -4.22. The smallest absolute Gasteiger partial charge is 0.330 e. The van der Waals surface area contributed by atoms with E-state index >= 15 is 0 Å². The maximum Gasteiger partial charge on any atom is 0.411 e. The summed E-state index contributed by atoms with van der Waals surface area (Å²) in [6.07, 6.45) is -9.31. The van der Waals surface area contributed by atoms with Gasteiger partial charge in [-0.3, -0.25) is 0 Å². The first-order valence-corrected chi connectivity index (χ1v) is 4.12. The Kier molecular flexibility index (Phi) is 6.05. The lowest BCUT2D eigenvalue weighted by atomic mass is 10.7. The predicted octanol–water partition coefficient (Wildman–Crippen LogP) is 2.46. The summed E-state index contributed by atoms with van der Waals surface area (Å²) in [4.78, 5) is 0. The average molecular weight is 256 g/mol. The number of alkyl halides is 6. The second kappa shape index (κ2) is 6.26. The van der Waals surface area contributed by atoms with Crippen LogP contribution in [-0.4, -0.2) is 38.6 Å². The molecular formula is C7H10F6O3. The molecule has 3 nitrogen and oxygen atoms in total. The van der Waals surface area contributed by atoms with Gasteiger partial charge in [0.15, 0.2) is 0 Å². The molecule has 0 saturated heterocycles. The average Bonchev–Trinajstić information content (AvgIpc) is 2.07. The van der Waals surface area contributed by atoms with E-state index in [1.807, 2.05) is 0 Å². The van der Waals surface area contributed by atoms with Crippen LogP contribution in [0.25, 0.3) is 0 Å². The summed E-state index contributed by atoms with van der Waals surface area (Å²) in [5.74, 6) is 0. The van der Waals surface area contributed by atoms with Crippen molar-refractivity contribution < 1.29 is 40.6 Å². The van der Waals surface area contributed by atoms with E-state index in [9.17, 15) is 26.3 Å². The lowest BCUT2D eigenvalue weighted by molar-refractivity contribution is -0.336. The molecule has 0 aromatic rings. The number of hydrogen-bond donors (Lipinski definition) is 0. The van der Waals surface area contributed by atoms with Crippen LogP contribution in [-0.2, 0) is 14.2 Å². The van der Waals surface area contributed by atoms with E-state index in [-0.39, 0.29) is 6.61 Å². The summed E-state index contributed by atoms with van der Waals surface area (Å²) in [7, 11) is 0. The summed E-state index contributed by atoms with van der Waals surface area (Å²) >= 11 is 0. The molecule has 0 aromatic heterocycles. The third-order valence-corrected chi connectivity index (χ3v) is 1.07. The molecule has 0 fully saturated rings. The van der Waals surface area contributed by atoms with Gasteiger partial charge in [-0.15, -0.1) is 0 Å². The second-order valence-electron chi connectivity index (χ2n) is 2.60. The van der Waals surface area contributed by atoms with Crippen molar-refractivity contribution >= 4 is 0 Å². The Morgan fingerprint density at radius 3 is 1.44 bits per heavy atom. The Morgan fingerprint density at radius 2 is 1.19 bits per heavy atom. The fourth-order valence-corrected chi connectivity index (χ4v) is 0.605. The highest BCUT2D eigenvalue weighted by Gasteiger charge is 2.33. The third kappa shape index (κ3) is 9.99. The minimum atomic E-state index is -4.66. The summed E-state index contributed by atoms with van der Waals surface area (Å²) in [5, 5.41) is 0. The minimum absolute atomic E-state index is 0.139. The molecule has 0 N–H and O–H groups in total. The van der Waals surface area contributed by atoms with Gasteiger partial charge in [0, 0.05) is 6.61 Å². The van der Waals surface area contributed by atoms with Crippen LogP contribution >= 0.6 is 0 Å². The van der Waals surface area contributed by atoms with E-state index in [2.05, 4.69) is 14.2 Å². The van der Waals surface area contributed by atoms with Crippen molar-refractivity contribution in [3.63, 3.8) is 0 Å². The minimum Gasteiger partial charge on any atom is -0.330 e. The summed E-state index contributed by atoms with van der Waals surface area (Å²) in [6, 6.07) is 0. The van der Waals surface area contributed by atoms with Crippen molar-refractivity contribution in [2.24, 2.45) is 0 Å². The molecule has 0 aliphatic rings. The molecule has 0 radical (unpaired) electrons. The fraction of sp³-hybridized carbons (Fsp3) is 1.00. The van der Waals surface area contributed by atoms with Crippen molar-refractivity contribution in [3.05, 3.63) is 0 Å². The highest BCUT2D eigenvalue weighted by Crippen LogP contribution is 2.19. The van der Waals surface area contributed by atoms with Gasteiger partial charge < -0.3 is 14.2 Å². The quantitative estimate of drug-likeness (QED) is 0.539. The van der Waals surface area contributed by atoms with Crippen molar-refractivity contribution in [3.8, 4) is 0 Å². The largest absolute Gasteiger partial charge is 0.411 e. The van der Waals surface area contributed by atoms with E-state index in [1.54, 1.807) is 0 Å². The Balaban J connectivity index is 3.98. The number of rotatable bonds is 6. The molecule has 0 spiro atoms. The molecule has 0 unspecified atom stereocenters. The van der Waals surface area contributed by atoms with Crippen LogP contribution in [0.1, 0.15) is 6.92 Å². The van der Waals surface area contributed by atoms with Crippen LogP contribution in [0.5, 0.6) is 0 Å². The van der Waals surface area contributed by atoms with Gasteiger partial charge in [0.05, 0.1) is 0 Å². The molecule has 0 heterocycles. The lowest BCUT2D eigenvalue weighted by Gasteiger charge is -2.19. The van der Waals surface area contributed by atoms with Crippen molar-refractivity contribution in [1.82, 2.24) is 0 Å². The highest BCUT2D eigenvalue weighted by atomic mass is 19.4. The molecule has 0 aromatic carbocycles. The molecule has 0 aliphatic heterocycles. The second-order valence-corrected chi connectivity index (χ2v) is 2.60. The van der Waals surface area contributed by atoms with E-state index < -0.39 is 32.0 Å². The van der Waals surface area contributed by atoms with Gasteiger partial charge in [-0.1, -0.05) is 0 Å². The van der Waals surface area contributed by atoms with Crippen LogP contribution in [0.3, 0.4) is 0 Å². The van der Waals surface area contributed by atoms with Gasteiger partial charge in [-0.2, -0.15) is 26.3 Å². The first kappa shape index (κ1) is 15.5. The van der Waals surface area contributed by atoms with Gasteiger partial charge in [-0.25, -0.2) is 0 Å². The molecule has 16 heavy (non-hydrogen) atoms. The first-order chi connectivity index (χ1) is 7.14. The van der Waals surface area contributed by atoms with Gasteiger partial charge in [0.25, 0.3) is 6.48 Å². The van der Waals surface area contributed by atoms with Crippen LogP contribution < -0.4 is 0 Å². The first-order valence-electron chi connectivity index (χ1n) is 4.12. The zero-order chi connectivity index (χ0) is 12.8. The van der Waals surface area contributed by atoms with Crippen molar-refractivity contribution in [2.45, 2.75) is 25.8 Å². The van der Waals surface area contributed by atoms with Crippen molar-refractivity contribution in [1.29, 1.82) is 0 Å². The van der Waals surface area contributed by atoms with Crippen LogP contribution in [0.2, 0.25) is 0 Å². The van der Waals surface area contributed by atoms with Gasteiger partial charge >= 0.3 is 12.4 Å². The Morgan fingerprint density at radius 1 is 0.812 bits per heavy atom. The molecule has 0 amide bonds. The maximum absolute atomic E-state index is 11.7. The number of ether oxygens (including phenoxy) is 3. The molecule has 9 heteroatoms. The SMILES string of the molecule is CCOC(OCC(F)(F)F)OCC(F)(F)F. The highest BCUT2D eigenvalue weighted by molar-refractivity contribution is 4.48. The van der Waals surface area contributed by atoms with Gasteiger partial charge in [0.2, 0.25) is 0 Å². The maximum atomic E-state index is 11.7. The Labute approximate surface area is 87.3 Å². The number of halogens is 6. The summed E-state index contributed by atoms with van der Waals surface area (Å²) in [5.41, 5.74) is 0. The monoisotopic (exact) mass is 256 g/mol. The molecule has 0 aliphatic carbocycles. The zero-order valence-corrected chi connectivity index (χ0v) is 8.19. The Hall–Kier alpha value is -0.540. The van der Waals surface area contributed by atoms with Crippen LogP contribution in [0.4, 0.5) is 26.3 Å².